The van der Waals surface area contributed by atoms with Crippen molar-refractivity contribution in [1.82, 2.24) is 14.5 Å². The second-order valence-electron chi connectivity index (χ2n) is 4.05. The number of imidazole rings is 1. The molecule has 0 unspecified atom stereocenters. The van der Waals surface area contributed by atoms with Crippen molar-refractivity contribution in [3.63, 3.8) is 0 Å². The summed E-state index contributed by atoms with van der Waals surface area (Å²) in [6.07, 6.45) is 10.1. The van der Waals surface area contributed by atoms with Crippen LogP contribution in [0.15, 0.2) is 35.9 Å². The average molecular weight is 286 g/mol. The topological polar surface area (TPSA) is 51.0 Å². The molecule has 0 atom stereocenters. The molecule has 0 saturated heterocycles. The van der Waals surface area contributed by atoms with Crippen molar-refractivity contribution in [2.24, 2.45) is 7.05 Å². The van der Waals surface area contributed by atoms with E-state index in [0.29, 0.717) is 11.4 Å². The number of nitrogens with zero attached hydrogens (tertiary/aromatic N) is 4. The molecule has 0 N–H and O–H groups in total. The lowest BCUT2D eigenvalue weighted by Gasteiger charge is -2.16. The van der Waals surface area contributed by atoms with Crippen LogP contribution in [0.5, 0.6) is 0 Å². The van der Waals surface area contributed by atoms with E-state index in [4.69, 9.17) is 6.42 Å². The Morgan fingerprint density at radius 1 is 1.55 bits per heavy atom. The molecule has 0 fully saturated rings. The number of rotatable bonds is 4. The predicted molar refractivity (Wildman–Crippen MR) is 79.7 cm³/mol. The second kappa shape index (κ2) is 6.26. The summed E-state index contributed by atoms with van der Waals surface area (Å²) >= 11 is 1.43. The minimum atomic E-state index is -0.138. The van der Waals surface area contributed by atoms with Crippen LogP contribution in [-0.4, -0.2) is 33.2 Å². The lowest BCUT2D eigenvalue weighted by Crippen LogP contribution is -2.28. The van der Waals surface area contributed by atoms with Gasteiger partial charge >= 0.3 is 0 Å². The first-order valence-electron chi connectivity index (χ1n) is 5.91. The summed E-state index contributed by atoms with van der Waals surface area (Å²) in [6.45, 7) is 0. The molecule has 0 aliphatic heterocycles. The minimum absolute atomic E-state index is 0.138. The van der Waals surface area contributed by atoms with Gasteiger partial charge in [-0.3, -0.25) is 9.78 Å². The van der Waals surface area contributed by atoms with Crippen molar-refractivity contribution < 1.29 is 4.79 Å². The first-order valence-corrected chi connectivity index (χ1v) is 6.89. The average Bonchev–Trinajstić information content (AvgIpc) is 2.85. The maximum atomic E-state index is 12.4. The van der Waals surface area contributed by atoms with Gasteiger partial charge < -0.3 is 9.47 Å². The van der Waals surface area contributed by atoms with Crippen molar-refractivity contribution in [2.75, 3.05) is 17.7 Å². The first kappa shape index (κ1) is 14.2. The number of carbonyl (C=O) groups is 1. The Balaban J connectivity index is 2.22. The van der Waals surface area contributed by atoms with Crippen LogP contribution in [0, 0.1) is 12.3 Å². The smallest absolute Gasteiger partial charge is 0.276 e. The van der Waals surface area contributed by atoms with Gasteiger partial charge in [0.1, 0.15) is 5.69 Å². The number of thioether (sulfide) groups is 1. The van der Waals surface area contributed by atoms with Crippen LogP contribution >= 0.6 is 11.8 Å². The Bertz CT molecular complexity index is 645. The van der Waals surface area contributed by atoms with Crippen LogP contribution in [0.2, 0.25) is 0 Å². The molecule has 0 bridgehead atoms. The summed E-state index contributed by atoms with van der Waals surface area (Å²) in [6, 6.07) is 3.62. The maximum absolute atomic E-state index is 12.4. The molecule has 102 valence electrons. The molecular formula is C14H14N4OS. The third kappa shape index (κ3) is 2.83. The van der Waals surface area contributed by atoms with E-state index in [1.807, 2.05) is 6.07 Å². The number of hydrogen-bond donors (Lipinski definition) is 0. The number of anilines is 1. The van der Waals surface area contributed by atoms with E-state index >= 15 is 0 Å². The Hall–Kier alpha value is -2.26. The van der Waals surface area contributed by atoms with E-state index in [-0.39, 0.29) is 5.91 Å². The highest BCUT2D eigenvalue weighted by Crippen LogP contribution is 2.19. The first-order chi connectivity index (χ1) is 9.65. The molecular weight excluding hydrogens is 272 g/mol. The lowest BCUT2D eigenvalue weighted by molar-refractivity contribution is 0.0984. The molecule has 20 heavy (non-hydrogen) atoms. The van der Waals surface area contributed by atoms with Crippen molar-refractivity contribution in [3.8, 4) is 12.3 Å². The third-order valence-corrected chi connectivity index (χ3v) is 3.74. The van der Waals surface area contributed by atoms with Gasteiger partial charge in [-0.1, -0.05) is 17.7 Å². The van der Waals surface area contributed by atoms with E-state index in [2.05, 4.69) is 15.9 Å². The van der Waals surface area contributed by atoms with E-state index in [9.17, 15) is 4.79 Å². The van der Waals surface area contributed by atoms with E-state index in [1.165, 1.54) is 11.8 Å². The highest BCUT2D eigenvalue weighted by atomic mass is 32.2. The highest BCUT2D eigenvalue weighted by Gasteiger charge is 2.19. The minimum Gasteiger partial charge on any atom is -0.318 e. The summed E-state index contributed by atoms with van der Waals surface area (Å²) in [4.78, 5) is 22.2. The van der Waals surface area contributed by atoms with Crippen molar-refractivity contribution in [1.29, 1.82) is 0 Å². The monoisotopic (exact) mass is 286 g/mol. The molecule has 6 heteroatoms. The van der Waals surface area contributed by atoms with Gasteiger partial charge in [0.2, 0.25) is 0 Å². The number of terminal acetylenes is 1. The van der Waals surface area contributed by atoms with Gasteiger partial charge in [0, 0.05) is 20.3 Å². The maximum Gasteiger partial charge on any atom is 0.276 e. The third-order valence-electron chi connectivity index (χ3n) is 2.79. The van der Waals surface area contributed by atoms with Crippen molar-refractivity contribution in [2.45, 2.75) is 5.16 Å². The summed E-state index contributed by atoms with van der Waals surface area (Å²) in [5, 5.41) is 0.728. The zero-order valence-electron chi connectivity index (χ0n) is 11.3. The van der Waals surface area contributed by atoms with Gasteiger partial charge in [0.25, 0.3) is 5.91 Å². The van der Waals surface area contributed by atoms with Gasteiger partial charge in [0.15, 0.2) is 5.16 Å². The highest BCUT2D eigenvalue weighted by molar-refractivity contribution is 7.99. The Kier molecular flexibility index (Phi) is 4.43. The number of carbonyl (C=O) groups excluding carboxylic acids is 1. The molecule has 0 aliphatic carbocycles. The molecule has 1 amide bonds. The number of amides is 1. The fourth-order valence-electron chi connectivity index (χ4n) is 1.67. The summed E-state index contributed by atoms with van der Waals surface area (Å²) in [7, 11) is 3.51. The normalized spacial score (nSPS) is 10.1. The molecule has 0 aliphatic rings. The van der Waals surface area contributed by atoms with Crippen LogP contribution in [0.1, 0.15) is 10.5 Å². The molecule has 2 heterocycles. The van der Waals surface area contributed by atoms with Gasteiger partial charge in [0.05, 0.1) is 23.8 Å². The molecule has 0 aromatic carbocycles. The van der Waals surface area contributed by atoms with Gasteiger partial charge in [-0.05, 0) is 12.1 Å². The van der Waals surface area contributed by atoms with Gasteiger partial charge in [-0.25, -0.2) is 4.98 Å². The number of pyridine rings is 1. The van der Waals surface area contributed by atoms with Crippen LogP contribution in [0.25, 0.3) is 0 Å². The Morgan fingerprint density at radius 3 is 3.00 bits per heavy atom. The van der Waals surface area contributed by atoms with Crippen LogP contribution < -0.4 is 4.90 Å². The summed E-state index contributed by atoms with van der Waals surface area (Å²) < 4.78 is 1.75. The number of hydrogen-bond acceptors (Lipinski definition) is 4. The zero-order valence-corrected chi connectivity index (χ0v) is 12.1. The molecule has 0 spiro atoms. The fraction of sp³-hybridized carbons (Fsp3) is 0.214. The quantitative estimate of drug-likeness (QED) is 0.635. The van der Waals surface area contributed by atoms with Crippen molar-refractivity contribution in [3.05, 3.63) is 36.4 Å². The molecule has 2 rings (SSSR count). The van der Waals surface area contributed by atoms with Crippen molar-refractivity contribution >= 4 is 23.4 Å². The van der Waals surface area contributed by atoms with Gasteiger partial charge in [-0.2, -0.15) is 0 Å². The Labute approximate surface area is 122 Å². The Morgan fingerprint density at radius 2 is 2.35 bits per heavy atom. The van der Waals surface area contributed by atoms with Crippen LogP contribution in [0.4, 0.5) is 5.69 Å². The molecule has 0 radical (unpaired) electrons. The SMILES string of the molecule is C#CCSc1ncc(C(=O)N(C)c2cccnc2)n1C. The van der Waals surface area contributed by atoms with E-state index in [0.717, 1.165) is 10.8 Å². The predicted octanol–water partition coefficient (Wildman–Crippen LogP) is 1.82. The lowest BCUT2D eigenvalue weighted by atomic mass is 10.3. The molecule has 2 aromatic heterocycles. The van der Waals surface area contributed by atoms with Gasteiger partial charge in [-0.15, -0.1) is 6.42 Å². The van der Waals surface area contributed by atoms with Crippen LogP contribution in [-0.2, 0) is 7.05 Å². The second-order valence-corrected chi connectivity index (χ2v) is 5.00. The summed E-state index contributed by atoms with van der Waals surface area (Å²) in [5.74, 6) is 2.92. The standard InChI is InChI=1S/C14H14N4OS/c1-4-8-20-14-16-10-12(18(14)3)13(19)17(2)11-6-5-7-15-9-11/h1,5-7,9-10H,8H2,2-3H3. The molecule has 0 saturated carbocycles. The molecule has 5 nitrogen and oxygen atoms in total. The summed E-state index contributed by atoms with van der Waals surface area (Å²) in [5.41, 5.74) is 1.24. The zero-order chi connectivity index (χ0) is 14.5. The van der Waals surface area contributed by atoms with E-state index in [1.54, 1.807) is 48.2 Å². The van der Waals surface area contributed by atoms with E-state index < -0.39 is 0 Å². The molecule has 2 aromatic rings. The van der Waals surface area contributed by atoms with Crippen LogP contribution in [0.3, 0.4) is 0 Å². The fourth-order valence-corrected chi connectivity index (χ4v) is 2.30. The number of aromatic nitrogens is 3. The largest absolute Gasteiger partial charge is 0.318 e.